The van der Waals surface area contributed by atoms with E-state index in [1.807, 2.05) is 37.3 Å². The van der Waals surface area contributed by atoms with Crippen LogP contribution in [-0.2, 0) is 6.54 Å². The molecule has 2 aromatic carbocycles. The van der Waals surface area contributed by atoms with Crippen molar-refractivity contribution in [3.8, 4) is 17.2 Å². The fourth-order valence-electron chi connectivity index (χ4n) is 1.73. The summed E-state index contributed by atoms with van der Waals surface area (Å²) in [6.45, 7) is 2.37. The molecule has 19 heavy (non-hydrogen) atoms. The first-order valence-corrected chi connectivity index (χ1v) is 6.33. The molecule has 0 saturated carbocycles. The number of rotatable bonds is 4. The molecule has 2 rings (SSSR count). The minimum absolute atomic E-state index is 0.392. The van der Waals surface area contributed by atoms with Crippen LogP contribution in [0.15, 0.2) is 36.4 Å². The Hall–Kier alpha value is -1.71. The number of nitrogens with two attached hydrogens (primary N) is 1. The van der Waals surface area contributed by atoms with E-state index in [2.05, 4.69) is 0 Å². The van der Waals surface area contributed by atoms with E-state index >= 15 is 0 Å². The summed E-state index contributed by atoms with van der Waals surface area (Å²) in [6.07, 6.45) is 0. The fourth-order valence-corrected chi connectivity index (χ4v) is 2.01. The Balaban J connectivity index is 2.36. The third kappa shape index (κ3) is 3.19. The van der Waals surface area contributed by atoms with Crippen molar-refractivity contribution in [2.24, 2.45) is 5.73 Å². The molecule has 2 aromatic rings. The van der Waals surface area contributed by atoms with Crippen molar-refractivity contribution >= 4 is 11.6 Å². The second-order valence-corrected chi connectivity index (χ2v) is 4.62. The zero-order chi connectivity index (χ0) is 13.8. The maximum atomic E-state index is 6.16. The summed E-state index contributed by atoms with van der Waals surface area (Å²) in [5.74, 6) is 1.98. The van der Waals surface area contributed by atoms with Gasteiger partial charge in [-0.1, -0.05) is 23.7 Å². The summed E-state index contributed by atoms with van der Waals surface area (Å²) in [4.78, 5) is 0. The molecule has 0 aliphatic rings. The van der Waals surface area contributed by atoms with Crippen LogP contribution in [0, 0.1) is 6.92 Å². The molecule has 0 fully saturated rings. The standard InChI is InChI=1S/C15H16ClNO2/c1-10-3-6-14(13(16)7-10)19-15-8-12(18-2)5-4-11(15)9-17/h3-8H,9,17H2,1-2H3. The third-order valence-electron chi connectivity index (χ3n) is 2.80. The highest BCUT2D eigenvalue weighted by atomic mass is 35.5. The highest BCUT2D eigenvalue weighted by molar-refractivity contribution is 6.32. The molecule has 0 aromatic heterocycles. The first-order chi connectivity index (χ1) is 9.13. The predicted molar refractivity (Wildman–Crippen MR) is 77.1 cm³/mol. The zero-order valence-corrected chi connectivity index (χ0v) is 11.7. The smallest absolute Gasteiger partial charge is 0.146 e. The van der Waals surface area contributed by atoms with E-state index in [9.17, 15) is 0 Å². The van der Waals surface area contributed by atoms with Gasteiger partial charge in [0.1, 0.15) is 17.2 Å². The van der Waals surface area contributed by atoms with Crippen molar-refractivity contribution in [3.05, 3.63) is 52.5 Å². The lowest BCUT2D eigenvalue weighted by atomic mass is 10.2. The largest absolute Gasteiger partial charge is 0.497 e. The Morgan fingerprint density at radius 2 is 1.89 bits per heavy atom. The van der Waals surface area contributed by atoms with Crippen molar-refractivity contribution in [3.63, 3.8) is 0 Å². The summed E-state index contributed by atoms with van der Waals surface area (Å²) in [6, 6.07) is 11.2. The molecule has 0 saturated heterocycles. The lowest BCUT2D eigenvalue weighted by Crippen LogP contribution is -2.00. The van der Waals surface area contributed by atoms with Gasteiger partial charge in [0, 0.05) is 18.2 Å². The van der Waals surface area contributed by atoms with Crippen LogP contribution in [0.4, 0.5) is 0 Å². The van der Waals surface area contributed by atoms with Gasteiger partial charge in [-0.2, -0.15) is 0 Å². The van der Waals surface area contributed by atoms with Crippen LogP contribution in [-0.4, -0.2) is 7.11 Å². The van der Waals surface area contributed by atoms with E-state index in [1.165, 1.54) is 0 Å². The van der Waals surface area contributed by atoms with Gasteiger partial charge in [0.25, 0.3) is 0 Å². The predicted octanol–water partition coefficient (Wildman–Crippen LogP) is 3.91. The molecule has 3 nitrogen and oxygen atoms in total. The Kier molecular flexibility index (Phi) is 4.30. The second kappa shape index (κ2) is 5.95. The summed E-state index contributed by atoms with van der Waals surface area (Å²) >= 11 is 6.16. The maximum absolute atomic E-state index is 6.16. The van der Waals surface area contributed by atoms with Gasteiger partial charge in [0.2, 0.25) is 0 Å². The minimum Gasteiger partial charge on any atom is -0.497 e. The molecule has 0 heterocycles. The van der Waals surface area contributed by atoms with Gasteiger partial charge < -0.3 is 15.2 Å². The van der Waals surface area contributed by atoms with Gasteiger partial charge in [0.05, 0.1) is 12.1 Å². The molecule has 0 amide bonds. The molecular weight excluding hydrogens is 262 g/mol. The number of aryl methyl sites for hydroxylation is 1. The molecule has 2 N–H and O–H groups in total. The van der Waals surface area contributed by atoms with E-state index in [1.54, 1.807) is 13.2 Å². The van der Waals surface area contributed by atoms with Gasteiger partial charge in [-0.25, -0.2) is 0 Å². The van der Waals surface area contributed by atoms with Crippen molar-refractivity contribution in [2.45, 2.75) is 13.5 Å². The van der Waals surface area contributed by atoms with Crippen LogP contribution >= 0.6 is 11.6 Å². The van der Waals surface area contributed by atoms with Gasteiger partial charge in [-0.3, -0.25) is 0 Å². The summed E-state index contributed by atoms with van der Waals surface area (Å²) in [7, 11) is 1.61. The fraction of sp³-hybridized carbons (Fsp3) is 0.200. The van der Waals surface area contributed by atoms with E-state index < -0.39 is 0 Å². The number of hydrogen-bond donors (Lipinski definition) is 1. The average molecular weight is 278 g/mol. The molecule has 0 spiro atoms. The SMILES string of the molecule is COc1ccc(CN)c(Oc2ccc(C)cc2Cl)c1. The third-order valence-corrected chi connectivity index (χ3v) is 3.10. The van der Waals surface area contributed by atoms with Crippen LogP contribution in [0.5, 0.6) is 17.2 Å². The van der Waals surface area contributed by atoms with Gasteiger partial charge in [-0.15, -0.1) is 0 Å². The minimum atomic E-state index is 0.392. The number of ether oxygens (including phenoxy) is 2. The van der Waals surface area contributed by atoms with Crippen LogP contribution < -0.4 is 15.2 Å². The second-order valence-electron chi connectivity index (χ2n) is 4.21. The Bertz CT molecular complexity index is 584. The molecule has 0 bridgehead atoms. The number of halogens is 1. The maximum Gasteiger partial charge on any atom is 0.146 e. The van der Waals surface area contributed by atoms with E-state index in [4.69, 9.17) is 26.8 Å². The first kappa shape index (κ1) is 13.7. The molecule has 0 aliphatic heterocycles. The average Bonchev–Trinajstić information content (AvgIpc) is 2.41. The summed E-state index contributed by atoms with van der Waals surface area (Å²) in [5, 5.41) is 0.575. The number of methoxy groups -OCH3 is 1. The van der Waals surface area contributed by atoms with E-state index in [0.29, 0.717) is 23.1 Å². The normalized spacial score (nSPS) is 10.3. The zero-order valence-electron chi connectivity index (χ0n) is 10.9. The van der Waals surface area contributed by atoms with E-state index in [0.717, 1.165) is 16.9 Å². The molecule has 100 valence electrons. The first-order valence-electron chi connectivity index (χ1n) is 5.95. The van der Waals surface area contributed by atoms with E-state index in [-0.39, 0.29) is 0 Å². The highest BCUT2D eigenvalue weighted by Gasteiger charge is 2.08. The molecule has 0 atom stereocenters. The van der Waals surface area contributed by atoms with Crippen LogP contribution in [0.2, 0.25) is 5.02 Å². The monoisotopic (exact) mass is 277 g/mol. The molecule has 4 heteroatoms. The van der Waals surface area contributed by atoms with Crippen molar-refractivity contribution in [1.82, 2.24) is 0 Å². The lowest BCUT2D eigenvalue weighted by molar-refractivity contribution is 0.408. The summed E-state index contributed by atoms with van der Waals surface area (Å²) in [5.41, 5.74) is 7.69. The Morgan fingerprint density at radius 3 is 2.53 bits per heavy atom. The molecule has 0 aliphatic carbocycles. The molecule has 0 unspecified atom stereocenters. The van der Waals surface area contributed by atoms with Crippen LogP contribution in [0.1, 0.15) is 11.1 Å². The van der Waals surface area contributed by atoms with Gasteiger partial charge in [-0.05, 0) is 30.7 Å². The highest BCUT2D eigenvalue weighted by Crippen LogP contribution is 2.33. The quantitative estimate of drug-likeness (QED) is 0.921. The van der Waals surface area contributed by atoms with Gasteiger partial charge >= 0.3 is 0 Å². The van der Waals surface area contributed by atoms with Crippen LogP contribution in [0.3, 0.4) is 0 Å². The summed E-state index contributed by atoms with van der Waals surface area (Å²) < 4.78 is 11.0. The van der Waals surface area contributed by atoms with Gasteiger partial charge in [0.15, 0.2) is 0 Å². The number of benzene rings is 2. The Labute approximate surface area is 117 Å². The van der Waals surface area contributed by atoms with Crippen LogP contribution in [0.25, 0.3) is 0 Å². The van der Waals surface area contributed by atoms with Crippen molar-refractivity contribution in [1.29, 1.82) is 0 Å². The lowest BCUT2D eigenvalue weighted by Gasteiger charge is -2.13. The Morgan fingerprint density at radius 1 is 1.11 bits per heavy atom. The number of hydrogen-bond acceptors (Lipinski definition) is 3. The topological polar surface area (TPSA) is 44.5 Å². The molecule has 0 radical (unpaired) electrons. The van der Waals surface area contributed by atoms with Crippen molar-refractivity contribution < 1.29 is 9.47 Å². The molecular formula is C15H16ClNO2. The van der Waals surface area contributed by atoms with Crippen molar-refractivity contribution in [2.75, 3.05) is 7.11 Å².